The van der Waals surface area contributed by atoms with Crippen molar-refractivity contribution in [3.63, 3.8) is 0 Å². The maximum atomic E-state index is 9.27. The number of hydrogen-bond donors (Lipinski definition) is 3. The number of benzene rings is 1. The Morgan fingerprint density at radius 1 is 1.07 bits per heavy atom. The molecule has 1 aliphatic rings. The van der Waals surface area contributed by atoms with Crippen molar-refractivity contribution in [1.82, 2.24) is 15.5 Å². The smallest absolute Gasteiger partial charge is 0.191 e. The van der Waals surface area contributed by atoms with Crippen molar-refractivity contribution in [3.8, 4) is 0 Å². The molecule has 1 aromatic carbocycles. The average molecular weight is 517 g/mol. The van der Waals surface area contributed by atoms with Gasteiger partial charge in [0.05, 0.1) is 6.54 Å². The third-order valence-corrected chi connectivity index (χ3v) is 5.51. The maximum Gasteiger partial charge on any atom is 0.191 e. The number of hydrogen-bond acceptors (Lipinski definition) is 3. The topological polar surface area (TPSA) is 59.9 Å². The molecule has 166 valence electrons. The van der Waals surface area contributed by atoms with Crippen molar-refractivity contribution < 1.29 is 5.11 Å². The van der Waals surface area contributed by atoms with Gasteiger partial charge >= 0.3 is 0 Å². The first-order valence-corrected chi connectivity index (χ1v) is 11.2. The number of rotatable bonds is 11. The van der Waals surface area contributed by atoms with E-state index in [1.165, 1.54) is 43.5 Å². The van der Waals surface area contributed by atoms with Crippen LogP contribution in [-0.4, -0.2) is 48.8 Å². The van der Waals surface area contributed by atoms with Crippen molar-refractivity contribution in [2.45, 2.75) is 65.5 Å². The van der Waals surface area contributed by atoms with E-state index in [4.69, 9.17) is 4.99 Å². The van der Waals surface area contributed by atoms with Gasteiger partial charge in [-0.1, -0.05) is 44.0 Å². The highest BCUT2D eigenvalue weighted by atomic mass is 127. The van der Waals surface area contributed by atoms with Crippen LogP contribution in [0.5, 0.6) is 0 Å². The number of aliphatic hydroxyl groups excluding tert-OH is 1. The first-order valence-electron chi connectivity index (χ1n) is 11.2. The van der Waals surface area contributed by atoms with Crippen LogP contribution in [-0.2, 0) is 13.1 Å². The zero-order valence-electron chi connectivity index (χ0n) is 18.3. The highest BCUT2D eigenvalue weighted by Crippen LogP contribution is 2.17. The molecule has 0 aliphatic carbocycles. The zero-order chi connectivity index (χ0) is 20.0. The van der Waals surface area contributed by atoms with Crippen molar-refractivity contribution in [1.29, 1.82) is 0 Å². The molecule has 1 unspecified atom stereocenters. The second-order valence-electron chi connectivity index (χ2n) is 7.85. The molecule has 0 saturated carbocycles. The SMILES string of the molecule is CCCC(CCO)CNC(=NCc1ccccc1CN1CCCCC1)NCC.I. The first-order chi connectivity index (χ1) is 13.8. The number of piperidine rings is 1. The van der Waals surface area contributed by atoms with Gasteiger partial charge in [0.1, 0.15) is 0 Å². The molecular weight excluding hydrogens is 475 g/mol. The van der Waals surface area contributed by atoms with Gasteiger partial charge < -0.3 is 15.7 Å². The number of guanidine groups is 1. The fourth-order valence-corrected chi connectivity index (χ4v) is 3.91. The van der Waals surface area contributed by atoms with Crippen LogP contribution in [0.4, 0.5) is 0 Å². The lowest BCUT2D eigenvalue weighted by Gasteiger charge is -2.27. The summed E-state index contributed by atoms with van der Waals surface area (Å²) in [5.41, 5.74) is 2.71. The lowest BCUT2D eigenvalue weighted by Crippen LogP contribution is -2.40. The summed E-state index contributed by atoms with van der Waals surface area (Å²) < 4.78 is 0. The molecule has 0 aromatic heterocycles. The van der Waals surface area contributed by atoms with Crippen molar-refractivity contribution in [2.75, 3.05) is 32.8 Å². The average Bonchev–Trinajstić information content (AvgIpc) is 2.72. The van der Waals surface area contributed by atoms with Crippen molar-refractivity contribution in [3.05, 3.63) is 35.4 Å². The standard InChI is InChI=1S/C23H40N4O.HI/c1-3-10-20(13-16-28)17-25-23(24-4-2)26-18-21-11-6-7-12-22(21)19-27-14-8-5-9-15-27;/h6-7,11-12,20,28H,3-5,8-10,13-19H2,1-2H3,(H2,24,25,26);1H. The number of aliphatic hydroxyl groups is 1. The van der Waals surface area contributed by atoms with Crippen molar-refractivity contribution in [2.24, 2.45) is 10.9 Å². The van der Waals surface area contributed by atoms with E-state index in [2.05, 4.69) is 53.6 Å². The van der Waals surface area contributed by atoms with E-state index >= 15 is 0 Å². The summed E-state index contributed by atoms with van der Waals surface area (Å²) in [7, 11) is 0. The van der Waals surface area contributed by atoms with Crippen LogP contribution in [0.25, 0.3) is 0 Å². The van der Waals surface area contributed by atoms with Crippen LogP contribution in [0.15, 0.2) is 29.3 Å². The van der Waals surface area contributed by atoms with E-state index < -0.39 is 0 Å². The highest BCUT2D eigenvalue weighted by molar-refractivity contribution is 14.0. The van der Waals surface area contributed by atoms with Gasteiger partial charge in [0.15, 0.2) is 5.96 Å². The molecule has 3 N–H and O–H groups in total. The lowest BCUT2D eigenvalue weighted by atomic mass is 10.0. The van der Waals surface area contributed by atoms with E-state index in [0.29, 0.717) is 12.5 Å². The summed E-state index contributed by atoms with van der Waals surface area (Å²) >= 11 is 0. The van der Waals surface area contributed by atoms with Gasteiger partial charge in [-0.25, -0.2) is 4.99 Å². The molecule has 0 amide bonds. The zero-order valence-corrected chi connectivity index (χ0v) is 20.7. The summed E-state index contributed by atoms with van der Waals surface area (Å²) in [5.74, 6) is 1.36. The Bertz CT molecular complexity index is 570. The Balaban J connectivity index is 0.00000420. The minimum atomic E-state index is 0. The molecule has 0 bridgehead atoms. The molecular formula is C23H41IN4O. The lowest BCUT2D eigenvalue weighted by molar-refractivity contribution is 0.220. The third-order valence-electron chi connectivity index (χ3n) is 5.51. The maximum absolute atomic E-state index is 9.27. The number of nitrogens with one attached hydrogen (secondary N) is 2. The van der Waals surface area contributed by atoms with Gasteiger partial charge in [-0.3, -0.25) is 4.90 Å². The van der Waals surface area contributed by atoms with Crippen LogP contribution >= 0.6 is 24.0 Å². The number of halogens is 1. The van der Waals surface area contributed by atoms with Crippen LogP contribution in [0, 0.1) is 5.92 Å². The quantitative estimate of drug-likeness (QED) is 0.235. The monoisotopic (exact) mass is 516 g/mol. The molecule has 1 aromatic rings. The largest absolute Gasteiger partial charge is 0.396 e. The Morgan fingerprint density at radius 2 is 1.79 bits per heavy atom. The number of aliphatic imine (C=N–C) groups is 1. The molecule has 6 heteroatoms. The van der Waals surface area contributed by atoms with Gasteiger partial charge in [-0.2, -0.15) is 0 Å². The number of likely N-dealkylation sites (tertiary alicyclic amines) is 1. The van der Waals surface area contributed by atoms with E-state index in [1.807, 2.05) is 0 Å². The fraction of sp³-hybridized carbons (Fsp3) is 0.696. The summed E-state index contributed by atoms with van der Waals surface area (Å²) in [6.45, 7) is 10.4. The predicted octanol–water partition coefficient (Wildman–Crippen LogP) is 4.14. The van der Waals surface area contributed by atoms with Gasteiger partial charge in [0, 0.05) is 26.2 Å². The molecule has 1 aliphatic heterocycles. The summed E-state index contributed by atoms with van der Waals surface area (Å²) in [6.07, 6.45) is 7.13. The summed E-state index contributed by atoms with van der Waals surface area (Å²) in [4.78, 5) is 7.41. The molecule has 1 fully saturated rings. The molecule has 0 spiro atoms. The highest BCUT2D eigenvalue weighted by Gasteiger charge is 2.13. The Morgan fingerprint density at radius 3 is 2.45 bits per heavy atom. The van der Waals surface area contributed by atoms with Gasteiger partial charge in [-0.15, -0.1) is 24.0 Å². The second kappa shape index (κ2) is 15.9. The Labute approximate surface area is 194 Å². The first kappa shape index (κ1) is 26.2. The van der Waals surface area contributed by atoms with Gasteiger partial charge in [0.25, 0.3) is 0 Å². The van der Waals surface area contributed by atoms with Gasteiger partial charge in [-0.05, 0) is 62.7 Å². The number of nitrogens with zero attached hydrogens (tertiary/aromatic N) is 2. The minimum Gasteiger partial charge on any atom is -0.396 e. The minimum absolute atomic E-state index is 0. The van der Waals surface area contributed by atoms with E-state index in [1.54, 1.807) is 0 Å². The Hall–Kier alpha value is -0.860. The van der Waals surface area contributed by atoms with Crippen molar-refractivity contribution >= 4 is 29.9 Å². The van der Waals surface area contributed by atoms with E-state index in [0.717, 1.165) is 44.9 Å². The molecule has 1 saturated heterocycles. The molecule has 2 rings (SSSR count). The molecule has 5 nitrogen and oxygen atoms in total. The van der Waals surface area contributed by atoms with Crippen LogP contribution in [0.3, 0.4) is 0 Å². The van der Waals surface area contributed by atoms with Crippen LogP contribution in [0.1, 0.15) is 63.5 Å². The van der Waals surface area contributed by atoms with Crippen LogP contribution < -0.4 is 10.6 Å². The summed E-state index contributed by atoms with van der Waals surface area (Å²) in [6, 6.07) is 8.71. The Kier molecular flexibility index (Phi) is 14.4. The molecule has 1 heterocycles. The van der Waals surface area contributed by atoms with Crippen LogP contribution in [0.2, 0.25) is 0 Å². The van der Waals surface area contributed by atoms with Gasteiger partial charge in [0.2, 0.25) is 0 Å². The third kappa shape index (κ3) is 10.1. The fourth-order valence-electron chi connectivity index (χ4n) is 3.91. The van der Waals surface area contributed by atoms with E-state index in [-0.39, 0.29) is 30.6 Å². The molecule has 1 atom stereocenters. The second-order valence-corrected chi connectivity index (χ2v) is 7.85. The van der Waals surface area contributed by atoms with E-state index in [9.17, 15) is 5.11 Å². The summed E-state index contributed by atoms with van der Waals surface area (Å²) in [5, 5.41) is 16.1. The molecule has 29 heavy (non-hydrogen) atoms. The predicted molar refractivity (Wildman–Crippen MR) is 134 cm³/mol. The normalized spacial score (nSPS) is 16.2. The molecule has 0 radical (unpaired) electrons.